The lowest BCUT2D eigenvalue weighted by Gasteiger charge is -2.00. The Balaban J connectivity index is 2.02. The largest absolute Gasteiger partial charge is 0.268 e. The first kappa shape index (κ1) is 11.2. The summed E-state index contributed by atoms with van der Waals surface area (Å²) in [6.07, 6.45) is 1.64. The fourth-order valence-electron chi connectivity index (χ4n) is 1.18. The van der Waals surface area contributed by atoms with Crippen molar-refractivity contribution >= 4 is 23.4 Å². The molecule has 0 aliphatic heterocycles. The topological polar surface area (TPSA) is 45.8 Å². The minimum absolute atomic E-state index is 0.180. The Morgan fingerprint density at radius 2 is 2.06 bits per heavy atom. The van der Waals surface area contributed by atoms with Gasteiger partial charge in [-0.25, -0.2) is 5.10 Å². The van der Waals surface area contributed by atoms with Gasteiger partial charge in [0.2, 0.25) is 0 Å². The van der Waals surface area contributed by atoms with Crippen LogP contribution in [-0.2, 0) is 5.75 Å². The number of hydrogen-bond donors (Lipinski definition) is 1. The van der Waals surface area contributed by atoms with Gasteiger partial charge in [0, 0.05) is 21.7 Å². The van der Waals surface area contributed by atoms with E-state index in [1.807, 2.05) is 24.3 Å². The standard InChI is InChI=1S/C11H9ClN2OS/c12-9-3-1-8(2-4-9)7-16-10-5-11(15)14-13-6-10/h1-6H,7H2,(H,14,15). The van der Waals surface area contributed by atoms with E-state index in [1.54, 1.807) is 18.0 Å². The maximum atomic E-state index is 11.0. The molecule has 2 aromatic rings. The SMILES string of the molecule is O=c1cc(SCc2ccc(Cl)cc2)cn[nH]1. The molecule has 1 aromatic carbocycles. The second kappa shape index (κ2) is 5.18. The van der Waals surface area contributed by atoms with Crippen molar-refractivity contribution in [3.63, 3.8) is 0 Å². The van der Waals surface area contributed by atoms with E-state index in [2.05, 4.69) is 10.2 Å². The molecule has 1 N–H and O–H groups in total. The van der Waals surface area contributed by atoms with Crippen molar-refractivity contribution in [2.24, 2.45) is 0 Å². The van der Waals surface area contributed by atoms with E-state index in [0.29, 0.717) is 0 Å². The number of benzene rings is 1. The van der Waals surface area contributed by atoms with Gasteiger partial charge >= 0.3 is 0 Å². The van der Waals surface area contributed by atoms with Gasteiger partial charge in [0.1, 0.15) is 0 Å². The highest BCUT2D eigenvalue weighted by molar-refractivity contribution is 7.98. The molecule has 0 spiro atoms. The predicted octanol–water partition coefficient (Wildman–Crippen LogP) is 2.72. The Morgan fingerprint density at radius 1 is 1.31 bits per heavy atom. The summed E-state index contributed by atoms with van der Waals surface area (Å²) in [5, 5.41) is 6.80. The summed E-state index contributed by atoms with van der Waals surface area (Å²) in [4.78, 5) is 11.9. The summed E-state index contributed by atoms with van der Waals surface area (Å²) in [6.45, 7) is 0. The zero-order valence-electron chi connectivity index (χ0n) is 8.31. The summed E-state index contributed by atoms with van der Waals surface area (Å²) >= 11 is 7.36. The van der Waals surface area contributed by atoms with E-state index in [-0.39, 0.29) is 5.56 Å². The molecule has 0 atom stereocenters. The number of nitrogens with zero attached hydrogens (tertiary/aromatic N) is 1. The van der Waals surface area contributed by atoms with Crippen molar-refractivity contribution in [2.45, 2.75) is 10.6 Å². The quantitative estimate of drug-likeness (QED) is 0.855. The third-order valence-corrected chi connectivity index (χ3v) is 3.24. The summed E-state index contributed by atoms with van der Waals surface area (Å²) in [5.41, 5.74) is 0.982. The Kier molecular flexibility index (Phi) is 3.64. The van der Waals surface area contributed by atoms with E-state index in [4.69, 9.17) is 11.6 Å². The Bertz CT molecular complexity index is 524. The Hall–Kier alpha value is -1.26. The van der Waals surface area contributed by atoms with Crippen LogP contribution >= 0.6 is 23.4 Å². The highest BCUT2D eigenvalue weighted by Gasteiger charge is 1.97. The van der Waals surface area contributed by atoms with Gasteiger partial charge in [0.25, 0.3) is 5.56 Å². The minimum Gasteiger partial charge on any atom is -0.268 e. The van der Waals surface area contributed by atoms with Crippen LogP contribution < -0.4 is 5.56 Å². The highest BCUT2D eigenvalue weighted by atomic mass is 35.5. The molecule has 0 saturated heterocycles. The molecular formula is C11H9ClN2OS. The van der Waals surface area contributed by atoms with E-state index < -0.39 is 0 Å². The summed E-state index contributed by atoms with van der Waals surface area (Å²) in [6, 6.07) is 9.18. The van der Waals surface area contributed by atoms with Crippen molar-refractivity contribution in [1.29, 1.82) is 0 Å². The smallest absolute Gasteiger partial charge is 0.265 e. The number of hydrogen-bond acceptors (Lipinski definition) is 3. The van der Waals surface area contributed by atoms with Crippen LogP contribution in [0, 0.1) is 0 Å². The lowest BCUT2D eigenvalue weighted by Crippen LogP contribution is -2.05. The Labute approximate surface area is 102 Å². The van der Waals surface area contributed by atoms with Crippen molar-refractivity contribution < 1.29 is 0 Å². The van der Waals surface area contributed by atoms with Crippen LogP contribution in [-0.4, -0.2) is 10.2 Å². The van der Waals surface area contributed by atoms with Gasteiger partial charge in [-0.1, -0.05) is 23.7 Å². The number of rotatable bonds is 3. The molecule has 5 heteroatoms. The monoisotopic (exact) mass is 252 g/mol. The summed E-state index contributed by atoms with van der Waals surface area (Å²) < 4.78 is 0. The zero-order valence-corrected chi connectivity index (χ0v) is 9.89. The molecule has 0 radical (unpaired) electrons. The number of aromatic amines is 1. The molecular weight excluding hydrogens is 244 g/mol. The van der Waals surface area contributed by atoms with Gasteiger partial charge in [-0.3, -0.25) is 4.79 Å². The fraction of sp³-hybridized carbons (Fsp3) is 0.0909. The summed E-state index contributed by atoms with van der Waals surface area (Å²) in [5.74, 6) is 0.794. The van der Waals surface area contributed by atoms with Crippen LogP contribution in [0.5, 0.6) is 0 Å². The molecule has 16 heavy (non-hydrogen) atoms. The van der Waals surface area contributed by atoms with Crippen LogP contribution in [0.25, 0.3) is 0 Å². The first-order chi connectivity index (χ1) is 7.74. The van der Waals surface area contributed by atoms with Gasteiger partial charge in [-0.05, 0) is 17.7 Å². The molecule has 1 aromatic heterocycles. The zero-order chi connectivity index (χ0) is 11.4. The van der Waals surface area contributed by atoms with Gasteiger partial charge in [-0.2, -0.15) is 5.10 Å². The second-order valence-electron chi connectivity index (χ2n) is 3.20. The Morgan fingerprint density at radius 3 is 2.75 bits per heavy atom. The second-order valence-corrected chi connectivity index (χ2v) is 4.68. The van der Waals surface area contributed by atoms with Crippen LogP contribution in [0.2, 0.25) is 5.02 Å². The van der Waals surface area contributed by atoms with Gasteiger partial charge < -0.3 is 0 Å². The molecule has 82 valence electrons. The number of halogens is 1. The van der Waals surface area contributed by atoms with E-state index in [9.17, 15) is 4.79 Å². The van der Waals surface area contributed by atoms with Crippen LogP contribution in [0.1, 0.15) is 5.56 Å². The van der Waals surface area contributed by atoms with Gasteiger partial charge in [0.15, 0.2) is 0 Å². The molecule has 0 amide bonds. The first-order valence-electron chi connectivity index (χ1n) is 4.66. The van der Waals surface area contributed by atoms with Crippen LogP contribution in [0.15, 0.2) is 46.2 Å². The molecule has 0 aliphatic carbocycles. The maximum absolute atomic E-state index is 11.0. The molecule has 0 unspecified atom stereocenters. The van der Waals surface area contributed by atoms with E-state index >= 15 is 0 Å². The molecule has 1 heterocycles. The maximum Gasteiger partial charge on any atom is 0.265 e. The van der Waals surface area contributed by atoms with E-state index in [0.717, 1.165) is 21.2 Å². The van der Waals surface area contributed by atoms with E-state index in [1.165, 1.54) is 6.07 Å². The normalized spacial score (nSPS) is 10.3. The summed E-state index contributed by atoms with van der Waals surface area (Å²) in [7, 11) is 0. The number of aromatic nitrogens is 2. The van der Waals surface area contributed by atoms with Gasteiger partial charge in [0.05, 0.1) is 6.20 Å². The molecule has 0 bridgehead atoms. The van der Waals surface area contributed by atoms with Crippen molar-refractivity contribution in [1.82, 2.24) is 10.2 Å². The molecule has 0 saturated carbocycles. The average Bonchev–Trinajstić information content (AvgIpc) is 2.28. The third-order valence-electron chi connectivity index (χ3n) is 1.96. The van der Waals surface area contributed by atoms with Gasteiger partial charge in [-0.15, -0.1) is 11.8 Å². The lowest BCUT2D eigenvalue weighted by molar-refractivity contribution is 0.956. The number of thioether (sulfide) groups is 1. The predicted molar refractivity (Wildman–Crippen MR) is 65.9 cm³/mol. The first-order valence-corrected chi connectivity index (χ1v) is 6.02. The van der Waals surface area contributed by atoms with Crippen molar-refractivity contribution in [3.8, 4) is 0 Å². The highest BCUT2D eigenvalue weighted by Crippen LogP contribution is 2.21. The minimum atomic E-state index is -0.180. The third kappa shape index (κ3) is 3.12. The molecule has 3 nitrogen and oxygen atoms in total. The average molecular weight is 253 g/mol. The van der Waals surface area contributed by atoms with Crippen molar-refractivity contribution in [2.75, 3.05) is 0 Å². The van der Waals surface area contributed by atoms with Crippen LogP contribution in [0.4, 0.5) is 0 Å². The lowest BCUT2D eigenvalue weighted by atomic mass is 10.2. The van der Waals surface area contributed by atoms with Crippen molar-refractivity contribution in [3.05, 3.63) is 57.5 Å². The number of H-pyrrole nitrogens is 1. The number of nitrogens with one attached hydrogen (secondary N) is 1. The molecule has 2 rings (SSSR count). The molecule has 0 aliphatic rings. The molecule has 0 fully saturated rings. The fourth-order valence-corrected chi connectivity index (χ4v) is 2.15. The van der Waals surface area contributed by atoms with Crippen LogP contribution in [0.3, 0.4) is 0 Å².